The lowest BCUT2D eigenvalue weighted by molar-refractivity contribution is -0.138. The van der Waals surface area contributed by atoms with E-state index in [4.69, 9.17) is 9.84 Å². The smallest absolute Gasteiger partial charge is 0.324 e. The number of carbonyl (C=O) groups excluding carboxylic acids is 2. The number of ether oxygens (including phenoxy) is 1. The Kier molecular flexibility index (Phi) is 6.44. The summed E-state index contributed by atoms with van der Waals surface area (Å²) < 4.78 is 4.94. The minimum Gasteiger partial charge on any atom is -0.481 e. The summed E-state index contributed by atoms with van der Waals surface area (Å²) in [5.41, 5.74) is 0. The van der Waals surface area contributed by atoms with Crippen LogP contribution in [0.15, 0.2) is 0 Å². The van der Waals surface area contributed by atoms with Gasteiger partial charge in [0.1, 0.15) is 0 Å². The lowest BCUT2D eigenvalue weighted by Gasteiger charge is -2.22. The normalized spacial score (nSPS) is 15.5. The molecule has 20 heavy (non-hydrogen) atoms. The highest BCUT2D eigenvalue weighted by Crippen LogP contribution is 2.26. The molecule has 0 radical (unpaired) electrons. The number of rotatable bonds is 8. The molecule has 0 spiro atoms. The molecule has 0 bridgehead atoms. The number of carboxylic acids is 1. The Morgan fingerprint density at radius 3 is 2.50 bits per heavy atom. The molecule has 3 amide bonds. The van der Waals surface area contributed by atoms with Gasteiger partial charge in [-0.3, -0.25) is 14.9 Å². The number of nitrogens with zero attached hydrogens (tertiary/aromatic N) is 1. The van der Waals surface area contributed by atoms with Crippen LogP contribution in [0.4, 0.5) is 4.79 Å². The third-order valence-corrected chi connectivity index (χ3v) is 3.09. The van der Waals surface area contributed by atoms with Gasteiger partial charge in [-0.2, -0.15) is 0 Å². The van der Waals surface area contributed by atoms with Crippen molar-refractivity contribution < 1.29 is 24.2 Å². The zero-order chi connectivity index (χ0) is 15.1. The number of methoxy groups -OCH3 is 1. The van der Waals surface area contributed by atoms with E-state index in [9.17, 15) is 14.4 Å². The highest BCUT2D eigenvalue weighted by atomic mass is 16.5. The Labute approximate surface area is 118 Å². The summed E-state index contributed by atoms with van der Waals surface area (Å²) in [5, 5.41) is 10.9. The zero-order valence-electron chi connectivity index (χ0n) is 11.9. The molecule has 1 atom stereocenters. The van der Waals surface area contributed by atoms with Gasteiger partial charge in [-0.1, -0.05) is 6.92 Å². The topological polar surface area (TPSA) is 95.9 Å². The molecule has 0 saturated heterocycles. The summed E-state index contributed by atoms with van der Waals surface area (Å²) in [5.74, 6) is -1.68. The average Bonchev–Trinajstić information content (AvgIpc) is 3.12. The van der Waals surface area contributed by atoms with Gasteiger partial charge in [-0.05, 0) is 18.8 Å². The van der Waals surface area contributed by atoms with E-state index in [1.807, 2.05) is 0 Å². The van der Waals surface area contributed by atoms with Crippen LogP contribution in [0.3, 0.4) is 0 Å². The van der Waals surface area contributed by atoms with Crippen molar-refractivity contribution in [1.29, 1.82) is 0 Å². The summed E-state index contributed by atoms with van der Waals surface area (Å²) in [6.45, 7) is 2.54. The molecule has 0 aromatic rings. The van der Waals surface area contributed by atoms with Crippen LogP contribution in [0.5, 0.6) is 0 Å². The fourth-order valence-corrected chi connectivity index (χ4v) is 1.95. The number of amides is 3. The minimum atomic E-state index is -0.948. The Bertz CT molecular complexity index is 368. The van der Waals surface area contributed by atoms with Gasteiger partial charge in [-0.15, -0.1) is 0 Å². The van der Waals surface area contributed by atoms with Crippen molar-refractivity contribution in [1.82, 2.24) is 10.2 Å². The molecule has 114 valence electrons. The first-order valence-electron chi connectivity index (χ1n) is 6.75. The largest absolute Gasteiger partial charge is 0.481 e. The Balaban J connectivity index is 2.38. The van der Waals surface area contributed by atoms with Gasteiger partial charge in [0, 0.05) is 32.5 Å². The SMILES string of the molecule is COCCN(C(=O)NC(=O)CC(C)CC(=O)O)C1CC1. The average molecular weight is 286 g/mol. The highest BCUT2D eigenvalue weighted by molar-refractivity contribution is 5.94. The predicted molar refractivity (Wildman–Crippen MR) is 71.2 cm³/mol. The number of carboxylic acid groups (broad SMARTS) is 1. The Morgan fingerprint density at radius 2 is 2.00 bits per heavy atom. The number of imide groups is 1. The van der Waals surface area contributed by atoms with Gasteiger partial charge in [0.05, 0.1) is 6.61 Å². The van der Waals surface area contributed by atoms with Crippen LogP contribution >= 0.6 is 0 Å². The fourth-order valence-electron chi connectivity index (χ4n) is 1.95. The van der Waals surface area contributed by atoms with Crippen molar-refractivity contribution in [3.8, 4) is 0 Å². The van der Waals surface area contributed by atoms with Crippen molar-refractivity contribution in [3.63, 3.8) is 0 Å². The van der Waals surface area contributed by atoms with Crippen LogP contribution < -0.4 is 5.32 Å². The molecule has 1 aliphatic carbocycles. The van der Waals surface area contributed by atoms with E-state index in [1.54, 1.807) is 18.9 Å². The predicted octanol–water partition coefficient (Wildman–Crippen LogP) is 0.834. The molecule has 7 nitrogen and oxygen atoms in total. The van der Waals surface area contributed by atoms with Crippen molar-refractivity contribution in [2.75, 3.05) is 20.3 Å². The minimum absolute atomic E-state index is 0.0286. The lowest BCUT2D eigenvalue weighted by Crippen LogP contribution is -2.45. The van der Waals surface area contributed by atoms with E-state index < -0.39 is 17.9 Å². The van der Waals surface area contributed by atoms with Crippen LogP contribution in [-0.2, 0) is 14.3 Å². The molecule has 1 saturated carbocycles. The summed E-state index contributed by atoms with van der Waals surface area (Å²) in [7, 11) is 1.56. The lowest BCUT2D eigenvalue weighted by atomic mass is 10.0. The fraction of sp³-hybridized carbons (Fsp3) is 0.769. The molecule has 1 fully saturated rings. The molecule has 1 aliphatic rings. The van der Waals surface area contributed by atoms with Crippen LogP contribution in [0.1, 0.15) is 32.6 Å². The molecule has 1 unspecified atom stereocenters. The summed E-state index contributed by atoms with van der Waals surface area (Å²) in [6, 6.07) is -0.230. The first kappa shape index (κ1) is 16.4. The summed E-state index contributed by atoms with van der Waals surface area (Å²) in [6.07, 6.45) is 1.83. The van der Waals surface area contributed by atoms with Crippen LogP contribution in [0.2, 0.25) is 0 Å². The van der Waals surface area contributed by atoms with Crippen LogP contribution in [0, 0.1) is 5.92 Å². The third-order valence-electron chi connectivity index (χ3n) is 3.09. The van der Waals surface area contributed by atoms with Crippen molar-refractivity contribution >= 4 is 17.9 Å². The van der Waals surface area contributed by atoms with E-state index >= 15 is 0 Å². The molecule has 0 aliphatic heterocycles. The first-order valence-corrected chi connectivity index (χ1v) is 6.75. The van der Waals surface area contributed by atoms with E-state index in [0.717, 1.165) is 12.8 Å². The second-order valence-electron chi connectivity index (χ2n) is 5.18. The maximum absolute atomic E-state index is 12.0. The van der Waals surface area contributed by atoms with Crippen molar-refractivity contribution in [3.05, 3.63) is 0 Å². The number of nitrogens with one attached hydrogen (secondary N) is 1. The van der Waals surface area contributed by atoms with E-state index in [2.05, 4.69) is 5.32 Å². The van der Waals surface area contributed by atoms with Gasteiger partial charge >= 0.3 is 12.0 Å². The van der Waals surface area contributed by atoms with Crippen LogP contribution in [-0.4, -0.2) is 54.2 Å². The number of carbonyl (C=O) groups is 3. The van der Waals surface area contributed by atoms with E-state index in [-0.39, 0.29) is 24.8 Å². The molecular weight excluding hydrogens is 264 g/mol. The van der Waals surface area contributed by atoms with Gasteiger partial charge in [0.25, 0.3) is 0 Å². The van der Waals surface area contributed by atoms with E-state index in [1.165, 1.54) is 0 Å². The highest BCUT2D eigenvalue weighted by Gasteiger charge is 2.33. The number of aliphatic carboxylic acids is 1. The molecule has 0 heterocycles. The monoisotopic (exact) mass is 286 g/mol. The Hall–Kier alpha value is -1.63. The van der Waals surface area contributed by atoms with Crippen LogP contribution in [0.25, 0.3) is 0 Å². The maximum atomic E-state index is 12.0. The number of urea groups is 1. The zero-order valence-corrected chi connectivity index (χ0v) is 11.9. The maximum Gasteiger partial charge on any atom is 0.324 e. The summed E-state index contributed by atoms with van der Waals surface area (Å²) in [4.78, 5) is 35.8. The molecule has 1 rings (SSSR count). The second-order valence-corrected chi connectivity index (χ2v) is 5.18. The standard InChI is InChI=1S/C13H22N2O5/c1-9(8-12(17)18)7-11(16)14-13(19)15(5-6-20-2)10-3-4-10/h9-10H,3-8H2,1-2H3,(H,17,18)(H,14,16,19). The van der Waals surface area contributed by atoms with E-state index in [0.29, 0.717) is 13.2 Å². The van der Waals surface area contributed by atoms with Gasteiger partial charge in [0.15, 0.2) is 0 Å². The number of hydrogen-bond donors (Lipinski definition) is 2. The quantitative estimate of drug-likeness (QED) is 0.689. The third kappa shape index (κ3) is 6.01. The Morgan fingerprint density at radius 1 is 1.35 bits per heavy atom. The number of hydrogen-bond acceptors (Lipinski definition) is 4. The van der Waals surface area contributed by atoms with Gasteiger partial charge in [-0.25, -0.2) is 4.79 Å². The molecular formula is C13H22N2O5. The molecule has 0 aromatic carbocycles. The second kappa shape index (κ2) is 7.84. The first-order chi connectivity index (χ1) is 9.43. The van der Waals surface area contributed by atoms with Crippen molar-refractivity contribution in [2.24, 2.45) is 5.92 Å². The van der Waals surface area contributed by atoms with Gasteiger partial charge < -0.3 is 14.7 Å². The molecule has 2 N–H and O–H groups in total. The molecule has 7 heteroatoms. The van der Waals surface area contributed by atoms with Crippen molar-refractivity contribution in [2.45, 2.75) is 38.6 Å². The van der Waals surface area contributed by atoms with Gasteiger partial charge in [0.2, 0.25) is 5.91 Å². The molecule has 0 aromatic heterocycles. The summed E-state index contributed by atoms with van der Waals surface area (Å²) >= 11 is 0.